The predicted molar refractivity (Wildman–Crippen MR) is 109 cm³/mol. The van der Waals surface area contributed by atoms with Gasteiger partial charge in [-0.05, 0) is 30.4 Å². The Hall–Kier alpha value is -2.47. The summed E-state index contributed by atoms with van der Waals surface area (Å²) in [6.07, 6.45) is 1.99. The quantitative estimate of drug-likeness (QED) is 0.583. The minimum Gasteiger partial charge on any atom is -0.461 e. The molecule has 0 N–H and O–H groups in total. The van der Waals surface area contributed by atoms with E-state index in [4.69, 9.17) is 4.74 Å². The fraction of sp³-hybridized carbons (Fsp3) is 0.381. The summed E-state index contributed by atoms with van der Waals surface area (Å²) in [7, 11) is 0. The van der Waals surface area contributed by atoms with Gasteiger partial charge < -0.3 is 4.74 Å². The zero-order chi connectivity index (χ0) is 19.6. The van der Waals surface area contributed by atoms with E-state index in [2.05, 4.69) is 31.0 Å². The number of ether oxygens (including phenoxy) is 1. The summed E-state index contributed by atoms with van der Waals surface area (Å²) >= 11 is 1.43. The van der Waals surface area contributed by atoms with Crippen molar-refractivity contribution in [3.8, 4) is 11.1 Å². The molecule has 6 heteroatoms. The van der Waals surface area contributed by atoms with Crippen LogP contribution in [0.2, 0.25) is 0 Å². The Morgan fingerprint density at radius 3 is 2.56 bits per heavy atom. The van der Waals surface area contributed by atoms with Crippen molar-refractivity contribution in [2.24, 2.45) is 0 Å². The fourth-order valence-electron chi connectivity index (χ4n) is 2.82. The average Bonchev–Trinajstić information content (AvgIpc) is 3.08. The van der Waals surface area contributed by atoms with Crippen LogP contribution in [0.5, 0.6) is 0 Å². The van der Waals surface area contributed by atoms with Gasteiger partial charge in [0.05, 0.1) is 17.8 Å². The van der Waals surface area contributed by atoms with Gasteiger partial charge in [0.1, 0.15) is 11.4 Å². The molecule has 5 nitrogen and oxygen atoms in total. The van der Waals surface area contributed by atoms with Crippen LogP contribution in [0.1, 0.15) is 45.6 Å². The van der Waals surface area contributed by atoms with Crippen molar-refractivity contribution in [1.29, 1.82) is 0 Å². The first-order valence-electron chi connectivity index (χ1n) is 9.17. The van der Waals surface area contributed by atoms with E-state index < -0.39 is 5.97 Å². The van der Waals surface area contributed by atoms with Crippen LogP contribution in [0, 0.1) is 0 Å². The number of hydrogen-bond acceptors (Lipinski definition) is 5. The Kier molecular flexibility index (Phi) is 5.75. The average molecular weight is 385 g/mol. The second kappa shape index (κ2) is 8.05. The molecule has 0 amide bonds. The topological polar surface area (TPSA) is 61.2 Å². The Labute approximate surface area is 162 Å². The van der Waals surface area contributed by atoms with E-state index in [0.717, 1.165) is 17.5 Å². The van der Waals surface area contributed by atoms with Crippen molar-refractivity contribution in [2.45, 2.75) is 52.7 Å². The molecule has 2 aromatic heterocycles. The summed E-state index contributed by atoms with van der Waals surface area (Å²) < 4.78 is 6.60. The summed E-state index contributed by atoms with van der Waals surface area (Å²) in [6.45, 7) is 7.94. The zero-order valence-electron chi connectivity index (χ0n) is 16.1. The summed E-state index contributed by atoms with van der Waals surface area (Å²) in [5.74, 6) is 0.0272. The van der Waals surface area contributed by atoms with Gasteiger partial charge in [-0.15, -0.1) is 11.3 Å². The zero-order valence-corrected chi connectivity index (χ0v) is 16.9. The molecule has 3 rings (SSSR count). The number of hydrogen-bond donors (Lipinski definition) is 0. The first-order valence-corrected chi connectivity index (χ1v) is 10.0. The molecule has 0 aliphatic heterocycles. The van der Waals surface area contributed by atoms with Crippen molar-refractivity contribution >= 4 is 27.5 Å². The van der Waals surface area contributed by atoms with Crippen LogP contribution in [0.25, 0.3) is 21.3 Å². The van der Waals surface area contributed by atoms with E-state index >= 15 is 0 Å². The molecule has 0 fully saturated rings. The lowest BCUT2D eigenvalue weighted by molar-refractivity contribution is -0.149. The Bertz CT molecular complexity index is 1000. The van der Waals surface area contributed by atoms with Gasteiger partial charge >= 0.3 is 5.97 Å². The van der Waals surface area contributed by atoms with Crippen LogP contribution >= 0.6 is 11.3 Å². The largest absolute Gasteiger partial charge is 0.461 e. The standard InChI is InChI=1S/C21H24N2O3S/c1-5-14(4)26-18(24)10-23-12-22-20-19(21(23)25)17(11-27-20)16-8-6-15(7-9-16)13(2)3/h6-9,11-14H,5,10H2,1-4H3/t14-/m0/s1. The van der Waals surface area contributed by atoms with E-state index in [9.17, 15) is 9.59 Å². The Morgan fingerprint density at radius 1 is 1.22 bits per heavy atom. The van der Waals surface area contributed by atoms with Crippen molar-refractivity contribution in [1.82, 2.24) is 9.55 Å². The lowest BCUT2D eigenvalue weighted by Crippen LogP contribution is -2.27. The normalized spacial score (nSPS) is 12.5. The van der Waals surface area contributed by atoms with Crippen molar-refractivity contribution in [3.63, 3.8) is 0 Å². The van der Waals surface area contributed by atoms with Gasteiger partial charge in [0.15, 0.2) is 0 Å². The van der Waals surface area contributed by atoms with Gasteiger partial charge in [-0.3, -0.25) is 14.2 Å². The molecule has 3 aromatic rings. The van der Waals surface area contributed by atoms with Gasteiger partial charge in [0.25, 0.3) is 5.56 Å². The molecule has 0 radical (unpaired) electrons. The number of aromatic nitrogens is 2. The van der Waals surface area contributed by atoms with Crippen LogP contribution in [-0.2, 0) is 16.1 Å². The SMILES string of the molecule is CC[C@H](C)OC(=O)Cn1cnc2scc(-c3ccc(C(C)C)cc3)c2c1=O. The molecule has 0 saturated heterocycles. The number of benzene rings is 1. The minimum atomic E-state index is -0.425. The number of fused-ring (bicyclic) bond motifs is 1. The third-order valence-corrected chi connectivity index (χ3v) is 5.54. The van der Waals surface area contributed by atoms with E-state index in [1.165, 1.54) is 27.8 Å². The number of carbonyl (C=O) groups excluding carboxylic acids is 1. The van der Waals surface area contributed by atoms with E-state index in [1.807, 2.05) is 31.4 Å². The van der Waals surface area contributed by atoms with E-state index in [0.29, 0.717) is 16.1 Å². The number of esters is 1. The molecule has 1 aromatic carbocycles. The van der Waals surface area contributed by atoms with Gasteiger partial charge in [-0.25, -0.2) is 4.98 Å². The monoisotopic (exact) mass is 384 g/mol. The summed E-state index contributed by atoms with van der Waals surface area (Å²) in [4.78, 5) is 30.1. The highest BCUT2D eigenvalue weighted by Crippen LogP contribution is 2.31. The highest BCUT2D eigenvalue weighted by molar-refractivity contribution is 7.17. The van der Waals surface area contributed by atoms with Crippen molar-refractivity contribution in [2.75, 3.05) is 0 Å². The van der Waals surface area contributed by atoms with E-state index in [-0.39, 0.29) is 18.2 Å². The smallest absolute Gasteiger partial charge is 0.326 e. The number of nitrogens with zero attached hydrogens (tertiary/aromatic N) is 2. The minimum absolute atomic E-state index is 0.131. The highest BCUT2D eigenvalue weighted by Gasteiger charge is 2.16. The molecule has 0 spiro atoms. The Morgan fingerprint density at radius 2 is 1.93 bits per heavy atom. The lowest BCUT2D eigenvalue weighted by Gasteiger charge is -2.11. The van der Waals surface area contributed by atoms with Gasteiger partial charge in [0, 0.05) is 10.9 Å². The highest BCUT2D eigenvalue weighted by atomic mass is 32.1. The maximum absolute atomic E-state index is 13.0. The second-order valence-corrected chi connectivity index (χ2v) is 7.85. The summed E-state index contributed by atoms with van der Waals surface area (Å²) in [5.41, 5.74) is 2.86. The molecular formula is C21H24N2O3S. The van der Waals surface area contributed by atoms with Gasteiger partial charge in [-0.2, -0.15) is 0 Å². The lowest BCUT2D eigenvalue weighted by atomic mass is 9.99. The maximum atomic E-state index is 13.0. The first-order chi connectivity index (χ1) is 12.9. The molecule has 142 valence electrons. The molecule has 2 heterocycles. The molecule has 0 aliphatic carbocycles. The second-order valence-electron chi connectivity index (χ2n) is 6.99. The third-order valence-electron chi connectivity index (χ3n) is 4.66. The number of rotatable bonds is 6. The first kappa shape index (κ1) is 19.3. The molecule has 0 aliphatic rings. The van der Waals surface area contributed by atoms with Crippen LogP contribution in [0.15, 0.2) is 40.8 Å². The molecule has 0 bridgehead atoms. The van der Waals surface area contributed by atoms with Gasteiger partial charge in [0.2, 0.25) is 0 Å². The van der Waals surface area contributed by atoms with Gasteiger partial charge in [-0.1, -0.05) is 45.0 Å². The van der Waals surface area contributed by atoms with Crippen LogP contribution in [0.4, 0.5) is 0 Å². The van der Waals surface area contributed by atoms with Crippen LogP contribution in [-0.4, -0.2) is 21.6 Å². The summed E-state index contributed by atoms with van der Waals surface area (Å²) in [6, 6.07) is 8.24. The molecular weight excluding hydrogens is 360 g/mol. The molecule has 0 unspecified atom stereocenters. The van der Waals surface area contributed by atoms with Crippen LogP contribution < -0.4 is 5.56 Å². The van der Waals surface area contributed by atoms with Crippen molar-refractivity contribution < 1.29 is 9.53 Å². The summed E-state index contributed by atoms with van der Waals surface area (Å²) in [5, 5.41) is 2.50. The third kappa shape index (κ3) is 4.11. The molecule has 27 heavy (non-hydrogen) atoms. The maximum Gasteiger partial charge on any atom is 0.326 e. The molecule has 0 saturated carbocycles. The van der Waals surface area contributed by atoms with Crippen LogP contribution in [0.3, 0.4) is 0 Å². The predicted octanol–water partition coefficient (Wildman–Crippen LogP) is 4.59. The number of thiophene rings is 1. The Balaban J connectivity index is 1.97. The van der Waals surface area contributed by atoms with E-state index in [1.54, 1.807) is 0 Å². The number of carbonyl (C=O) groups is 1. The fourth-order valence-corrected chi connectivity index (χ4v) is 3.73. The van der Waals surface area contributed by atoms with Crippen molar-refractivity contribution in [3.05, 3.63) is 51.9 Å². The molecule has 1 atom stereocenters.